The molecule has 0 saturated heterocycles. The first-order chi connectivity index (χ1) is 8.43. The van der Waals surface area contributed by atoms with E-state index < -0.39 is 0 Å². The molecular weight excluding hydrogens is 222 g/mol. The number of carbonyl (C=O) groups excluding carboxylic acids is 1. The van der Waals surface area contributed by atoms with E-state index in [1.165, 1.54) is 11.6 Å². The van der Waals surface area contributed by atoms with Crippen molar-refractivity contribution in [3.63, 3.8) is 0 Å². The Morgan fingerprint density at radius 1 is 1.11 bits per heavy atom. The smallest absolute Gasteiger partial charge is 0.248 e. The number of hydrogen-bond donors (Lipinski definition) is 1. The summed E-state index contributed by atoms with van der Waals surface area (Å²) >= 11 is 0. The summed E-state index contributed by atoms with van der Waals surface area (Å²) in [6.07, 6.45) is 6.93. The van der Waals surface area contributed by atoms with Crippen LogP contribution >= 0.6 is 0 Å². The molecule has 0 heterocycles. The van der Waals surface area contributed by atoms with Gasteiger partial charge in [0.15, 0.2) is 0 Å². The van der Waals surface area contributed by atoms with Crippen LogP contribution in [0.3, 0.4) is 0 Å². The molecule has 0 aliphatic heterocycles. The highest BCUT2D eigenvalue weighted by atomic mass is 16.1. The number of nitrogens with one attached hydrogen (secondary N) is 1. The Bertz CT molecular complexity index is 447. The van der Waals surface area contributed by atoms with Gasteiger partial charge in [0.2, 0.25) is 5.91 Å². The Morgan fingerprint density at radius 3 is 2.22 bits per heavy atom. The summed E-state index contributed by atoms with van der Waals surface area (Å²) in [4.78, 5) is 11.5. The summed E-state index contributed by atoms with van der Waals surface area (Å²) in [5.74, 6) is -0.114. The minimum absolute atomic E-state index is 0.114. The predicted molar refractivity (Wildman–Crippen MR) is 77.7 cm³/mol. The number of hydrogen-bond acceptors (Lipinski definition) is 1. The monoisotopic (exact) mass is 243 g/mol. The molecule has 18 heavy (non-hydrogen) atoms. The predicted octanol–water partition coefficient (Wildman–Crippen LogP) is 4.05. The molecule has 1 rings (SSSR count). The fourth-order valence-corrected chi connectivity index (χ4v) is 1.49. The summed E-state index contributed by atoms with van der Waals surface area (Å²) in [6, 6.07) is 7.96. The van der Waals surface area contributed by atoms with E-state index in [2.05, 4.69) is 26.1 Å². The Balaban J connectivity index is 2.67. The molecule has 0 aliphatic carbocycles. The third-order valence-electron chi connectivity index (χ3n) is 2.57. The van der Waals surface area contributed by atoms with Gasteiger partial charge >= 0.3 is 0 Å². The molecule has 1 aromatic carbocycles. The van der Waals surface area contributed by atoms with Crippen molar-refractivity contribution in [2.45, 2.75) is 33.1 Å². The van der Waals surface area contributed by atoms with Crippen LogP contribution in [0.1, 0.15) is 33.3 Å². The van der Waals surface area contributed by atoms with Crippen LogP contribution in [0.5, 0.6) is 0 Å². The number of anilines is 1. The molecule has 2 heteroatoms. The number of amides is 1. The zero-order valence-corrected chi connectivity index (χ0v) is 11.5. The molecule has 0 saturated carbocycles. The van der Waals surface area contributed by atoms with Crippen LogP contribution in [-0.4, -0.2) is 5.91 Å². The summed E-state index contributed by atoms with van der Waals surface area (Å²) in [5, 5.41) is 2.82. The van der Waals surface area contributed by atoms with Crippen LogP contribution in [0, 0.1) is 0 Å². The van der Waals surface area contributed by atoms with Crippen LogP contribution in [0.25, 0.3) is 0 Å². The van der Waals surface area contributed by atoms with Crippen molar-refractivity contribution < 1.29 is 4.79 Å². The molecule has 1 aromatic rings. The van der Waals surface area contributed by atoms with Crippen molar-refractivity contribution in [3.8, 4) is 0 Å². The Kier molecular flexibility index (Phi) is 4.90. The standard InChI is InChI=1S/C16H21NO/c1-5-6-7-8-15(18)17-14-11-9-13(10-12-14)16(2,3)4/h5-12H,1-4H3,(H,17,18)/b6-5+,8-7+. The zero-order valence-electron chi connectivity index (χ0n) is 11.5. The molecule has 0 bridgehead atoms. The van der Waals surface area contributed by atoms with Gasteiger partial charge in [-0.1, -0.05) is 51.1 Å². The molecule has 0 fully saturated rings. The van der Waals surface area contributed by atoms with Gasteiger partial charge in [0.05, 0.1) is 0 Å². The topological polar surface area (TPSA) is 29.1 Å². The third kappa shape index (κ3) is 4.58. The normalized spacial score (nSPS) is 12.2. The van der Waals surface area contributed by atoms with E-state index in [1.54, 1.807) is 6.08 Å². The lowest BCUT2D eigenvalue weighted by molar-refractivity contribution is -0.111. The van der Waals surface area contributed by atoms with E-state index in [4.69, 9.17) is 0 Å². The highest BCUT2D eigenvalue weighted by Gasteiger charge is 2.12. The van der Waals surface area contributed by atoms with Crippen LogP contribution in [0.4, 0.5) is 5.69 Å². The van der Waals surface area contributed by atoms with Crippen molar-refractivity contribution in [3.05, 3.63) is 54.1 Å². The van der Waals surface area contributed by atoms with E-state index in [1.807, 2.05) is 43.3 Å². The average molecular weight is 243 g/mol. The first-order valence-corrected chi connectivity index (χ1v) is 6.14. The van der Waals surface area contributed by atoms with E-state index >= 15 is 0 Å². The molecular formula is C16H21NO. The second-order valence-electron chi connectivity index (χ2n) is 5.20. The van der Waals surface area contributed by atoms with Gasteiger partial charge in [-0.2, -0.15) is 0 Å². The summed E-state index contributed by atoms with van der Waals surface area (Å²) in [5.41, 5.74) is 2.21. The largest absolute Gasteiger partial charge is 0.323 e. The molecule has 2 nitrogen and oxygen atoms in total. The van der Waals surface area contributed by atoms with Crippen molar-refractivity contribution in [2.75, 3.05) is 5.32 Å². The van der Waals surface area contributed by atoms with Gasteiger partial charge in [-0.25, -0.2) is 0 Å². The SMILES string of the molecule is C/C=C/C=C/C(=O)Nc1ccc(C(C)(C)C)cc1. The number of rotatable bonds is 3. The van der Waals surface area contributed by atoms with Gasteiger partial charge in [-0.05, 0) is 30.0 Å². The molecule has 0 spiro atoms. The first-order valence-electron chi connectivity index (χ1n) is 6.14. The maximum Gasteiger partial charge on any atom is 0.248 e. The van der Waals surface area contributed by atoms with Gasteiger partial charge in [-0.3, -0.25) is 4.79 Å². The first kappa shape index (κ1) is 14.2. The summed E-state index contributed by atoms with van der Waals surface area (Å²) in [6.45, 7) is 8.41. The lowest BCUT2D eigenvalue weighted by atomic mass is 9.87. The quantitative estimate of drug-likeness (QED) is 0.629. The van der Waals surface area contributed by atoms with Crippen LogP contribution in [0.2, 0.25) is 0 Å². The van der Waals surface area contributed by atoms with Crippen molar-refractivity contribution in [1.29, 1.82) is 0 Å². The maximum atomic E-state index is 11.5. The highest BCUT2D eigenvalue weighted by Crippen LogP contribution is 2.23. The van der Waals surface area contributed by atoms with Crippen molar-refractivity contribution in [2.24, 2.45) is 0 Å². The minimum Gasteiger partial charge on any atom is -0.323 e. The fourth-order valence-electron chi connectivity index (χ4n) is 1.49. The summed E-state index contributed by atoms with van der Waals surface area (Å²) < 4.78 is 0. The van der Waals surface area contributed by atoms with Gasteiger partial charge < -0.3 is 5.32 Å². The fraction of sp³-hybridized carbons (Fsp3) is 0.312. The zero-order chi connectivity index (χ0) is 13.6. The van der Waals surface area contributed by atoms with Crippen LogP contribution in [0.15, 0.2) is 48.6 Å². The Hall–Kier alpha value is -1.83. The molecule has 0 aromatic heterocycles. The molecule has 0 aliphatic rings. The minimum atomic E-state index is -0.114. The molecule has 0 radical (unpaired) electrons. The highest BCUT2D eigenvalue weighted by molar-refractivity contribution is 5.99. The second-order valence-corrected chi connectivity index (χ2v) is 5.20. The lowest BCUT2D eigenvalue weighted by Gasteiger charge is -2.19. The summed E-state index contributed by atoms with van der Waals surface area (Å²) in [7, 11) is 0. The molecule has 0 atom stereocenters. The maximum absolute atomic E-state index is 11.5. The van der Waals surface area contributed by atoms with Gasteiger partial charge in [0.25, 0.3) is 0 Å². The number of allylic oxidation sites excluding steroid dienone is 3. The van der Waals surface area contributed by atoms with E-state index in [-0.39, 0.29) is 11.3 Å². The van der Waals surface area contributed by atoms with Crippen molar-refractivity contribution in [1.82, 2.24) is 0 Å². The average Bonchev–Trinajstić information content (AvgIpc) is 2.29. The molecule has 96 valence electrons. The van der Waals surface area contributed by atoms with E-state index in [9.17, 15) is 4.79 Å². The van der Waals surface area contributed by atoms with E-state index in [0.717, 1.165) is 5.69 Å². The van der Waals surface area contributed by atoms with Crippen LogP contribution in [-0.2, 0) is 10.2 Å². The molecule has 0 unspecified atom stereocenters. The van der Waals surface area contributed by atoms with Crippen molar-refractivity contribution >= 4 is 11.6 Å². The molecule has 1 amide bonds. The number of carbonyl (C=O) groups is 1. The van der Waals surface area contributed by atoms with E-state index in [0.29, 0.717) is 0 Å². The number of benzene rings is 1. The lowest BCUT2D eigenvalue weighted by Crippen LogP contribution is -2.12. The third-order valence-corrected chi connectivity index (χ3v) is 2.57. The Labute approximate surface area is 109 Å². The second kappa shape index (κ2) is 6.20. The van der Waals surface area contributed by atoms with Gasteiger partial charge in [0, 0.05) is 11.8 Å². The van der Waals surface area contributed by atoms with Gasteiger partial charge in [0.1, 0.15) is 0 Å². The van der Waals surface area contributed by atoms with Crippen LogP contribution < -0.4 is 5.32 Å². The molecule has 1 N–H and O–H groups in total. The Morgan fingerprint density at radius 2 is 1.72 bits per heavy atom. The van der Waals surface area contributed by atoms with Gasteiger partial charge in [-0.15, -0.1) is 0 Å².